The number of ether oxygens (including phenoxy) is 1. The zero-order valence-electron chi connectivity index (χ0n) is 11.8. The Labute approximate surface area is 110 Å². The molecule has 5 nitrogen and oxygen atoms in total. The van der Waals surface area contributed by atoms with Crippen LogP contribution in [0.4, 0.5) is 0 Å². The lowest BCUT2D eigenvalue weighted by Crippen LogP contribution is -2.31. The van der Waals surface area contributed by atoms with Crippen molar-refractivity contribution in [3.8, 4) is 0 Å². The van der Waals surface area contributed by atoms with E-state index in [0.29, 0.717) is 26.0 Å². The van der Waals surface area contributed by atoms with Gasteiger partial charge >= 0.3 is 5.97 Å². The maximum Gasteiger partial charge on any atom is 0.307 e. The summed E-state index contributed by atoms with van der Waals surface area (Å²) in [6.07, 6.45) is 1.75. The normalized spacial score (nSPS) is 10.2. The van der Waals surface area contributed by atoms with Crippen LogP contribution in [-0.2, 0) is 14.3 Å². The second-order valence-electron chi connectivity index (χ2n) is 3.97. The summed E-state index contributed by atoms with van der Waals surface area (Å²) in [6.45, 7) is 9.10. The quantitative estimate of drug-likeness (QED) is 0.472. The minimum atomic E-state index is -0.177. The minimum absolute atomic E-state index is 0.177. The molecule has 0 unspecified atom stereocenters. The molecule has 1 N–H and O–H groups in total. The average molecular weight is 258 g/mol. The first-order valence-corrected chi connectivity index (χ1v) is 6.79. The molecule has 0 rings (SSSR count). The van der Waals surface area contributed by atoms with Crippen molar-refractivity contribution < 1.29 is 14.3 Å². The van der Waals surface area contributed by atoms with Crippen molar-refractivity contribution >= 4 is 11.9 Å². The van der Waals surface area contributed by atoms with Gasteiger partial charge in [0, 0.05) is 26.1 Å². The molecule has 0 fully saturated rings. The average Bonchev–Trinajstić information content (AvgIpc) is 2.35. The number of esters is 1. The van der Waals surface area contributed by atoms with Gasteiger partial charge in [0.25, 0.3) is 0 Å². The summed E-state index contributed by atoms with van der Waals surface area (Å²) in [7, 11) is 0. The van der Waals surface area contributed by atoms with E-state index >= 15 is 0 Å². The van der Waals surface area contributed by atoms with Crippen molar-refractivity contribution in [2.24, 2.45) is 0 Å². The predicted molar refractivity (Wildman–Crippen MR) is 71.3 cm³/mol. The van der Waals surface area contributed by atoms with E-state index < -0.39 is 0 Å². The van der Waals surface area contributed by atoms with Crippen LogP contribution in [0.1, 0.15) is 40.0 Å². The summed E-state index contributed by atoms with van der Waals surface area (Å²) in [4.78, 5) is 24.5. The first-order valence-electron chi connectivity index (χ1n) is 6.79. The Balaban J connectivity index is 3.45. The largest absolute Gasteiger partial charge is 0.466 e. The second-order valence-corrected chi connectivity index (χ2v) is 3.97. The SMILES string of the molecule is CCOC(=O)CCNCCCC(=O)N(CC)CC. The van der Waals surface area contributed by atoms with E-state index in [2.05, 4.69) is 5.32 Å². The zero-order valence-corrected chi connectivity index (χ0v) is 11.8. The van der Waals surface area contributed by atoms with Crippen LogP contribution in [0.3, 0.4) is 0 Å². The molecule has 0 aliphatic carbocycles. The van der Waals surface area contributed by atoms with Gasteiger partial charge in [0.2, 0.25) is 5.91 Å². The maximum absolute atomic E-state index is 11.7. The van der Waals surface area contributed by atoms with Crippen molar-refractivity contribution in [2.45, 2.75) is 40.0 Å². The number of hydrogen-bond acceptors (Lipinski definition) is 4. The van der Waals surface area contributed by atoms with Crippen LogP contribution < -0.4 is 5.32 Å². The highest BCUT2D eigenvalue weighted by Gasteiger charge is 2.08. The van der Waals surface area contributed by atoms with Gasteiger partial charge in [0.05, 0.1) is 13.0 Å². The molecule has 0 bridgehead atoms. The van der Waals surface area contributed by atoms with Crippen molar-refractivity contribution in [3.05, 3.63) is 0 Å². The molecule has 18 heavy (non-hydrogen) atoms. The molecule has 0 saturated carbocycles. The standard InChI is InChI=1S/C13H26N2O3/c1-4-15(5-2)12(16)8-7-10-14-11-9-13(17)18-6-3/h14H,4-11H2,1-3H3. The Morgan fingerprint density at radius 3 is 2.28 bits per heavy atom. The van der Waals surface area contributed by atoms with E-state index in [9.17, 15) is 9.59 Å². The fourth-order valence-corrected chi connectivity index (χ4v) is 1.65. The summed E-state index contributed by atoms with van der Waals surface area (Å²) in [5.41, 5.74) is 0. The Morgan fingerprint density at radius 2 is 1.72 bits per heavy atom. The second kappa shape index (κ2) is 11.0. The van der Waals surface area contributed by atoms with Gasteiger partial charge < -0.3 is 15.0 Å². The molecular formula is C13H26N2O3. The summed E-state index contributed by atoms with van der Waals surface area (Å²) >= 11 is 0. The van der Waals surface area contributed by atoms with Crippen LogP contribution in [0.5, 0.6) is 0 Å². The van der Waals surface area contributed by atoms with E-state index in [4.69, 9.17) is 4.74 Å². The molecule has 0 heterocycles. The van der Waals surface area contributed by atoms with Crippen molar-refractivity contribution in [1.29, 1.82) is 0 Å². The molecule has 0 aromatic heterocycles. The molecule has 106 valence electrons. The third-order valence-electron chi connectivity index (χ3n) is 2.67. The fraction of sp³-hybridized carbons (Fsp3) is 0.846. The smallest absolute Gasteiger partial charge is 0.307 e. The van der Waals surface area contributed by atoms with Crippen LogP contribution in [0.25, 0.3) is 0 Å². The topological polar surface area (TPSA) is 58.6 Å². The molecule has 5 heteroatoms. The van der Waals surface area contributed by atoms with Crippen LogP contribution in [0, 0.1) is 0 Å². The van der Waals surface area contributed by atoms with E-state index in [-0.39, 0.29) is 11.9 Å². The Morgan fingerprint density at radius 1 is 1.06 bits per heavy atom. The first kappa shape index (κ1) is 16.9. The highest BCUT2D eigenvalue weighted by atomic mass is 16.5. The molecule has 0 saturated heterocycles. The molecule has 0 aliphatic rings. The fourth-order valence-electron chi connectivity index (χ4n) is 1.65. The highest BCUT2D eigenvalue weighted by Crippen LogP contribution is 1.97. The van der Waals surface area contributed by atoms with Gasteiger partial charge in [0.15, 0.2) is 0 Å². The van der Waals surface area contributed by atoms with Gasteiger partial charge in [-0.3, -0.25) is 9.59 Å². The number of carbonyl (C=O) groups excluding carboxylic acids is 2. The Kier molecular flexibility index (Phi) is 10.3. The third kappa shape index (κ3) is 8.06. The van der Waals surface area contributed by atoms with E-state index in [1.807, 2.05) is 18.7 Å². The molecule has 0 spiro atoms. The summed E-state index contributed by atoms with van der Waals surface area (Å²) in [6, 6.07) is 0. The van der Waals surface area contributed by atoms with Crippen LogP contribution in [0.2, 0.25) is 0 Å². The van der Waals surface area contributed by atoms with Crippen LogP contribution >= 0.6 is 0 Å². The number of hydrogen-bond donors (Lipinski definition) is 1. The zero-order chi connectivity index (χ0) is 13.8. The highest BCUT2D eigenvalue weighted by molar-refractivity contribution is 5.76. The lowest BCUT2D eigenvalue weighted by molar-refractivity contribution is -0.143. The first-order chi connectivity index (χ1) is 8.65. The number of nitrogens with one attached hydrogen (secondary N) is 1. The molecule has 0 aromatic carbocycles. The molecule has 0 atom stereocenters. The van der Waals surface area contributed by atoms with Crippen molar-refractivity contribution in [1.82, 2.24) is 10.2 Å². The number of carbonyl (C=O) groups is 2. The monoisotopic (exact) mass is 258 g/mol. The van der Waals surface area contributed by atoms with Gasteiger partial charge in [-0.2, -0.15) is 0 Å². The lowest BCUT2D eigenvalue weighted by atomic mass is 10.2. The van der Waals surface area contributed by atoms with Crippen LogP contribution in [-0.4, -0.2) is 49.6 Å². The third-order valence-corrected chi connectivity index (χ3v) is 2.67. The van der Waals surface area contributed by atoms with Gasteiger partial charge in [-0.1, -0.05) is 0 Å². The predicted octanol–water partition coefficient (Wildman–Crippen LogP) is 1.18. The number of nitrogens with zero attached hydrogens (tertiary/aromatic N) is 1. The van der Waals surface area contributed by atoms with E-state index in [1.54, 1.807) is 6.92 Å². The summed E-state index contributed by atoms with van der Waals surface area (Å²) in [5.74, 6) is 0.0245. The van der Waals surface area contributed by atoms with Crippen molar-refractivity contribution in [3.63, 3.8) is 0 Å². The Hall–Kier alpha value is -1.10. The molecule has 1 amide bonds. The van der Waals surface area contributed by atoms with Gasteiger partial charge in [-0.15, -0.1) is 0 Å². The number of rotatable bonds is 10. The minimum Gasteiger partial charge on any atom is -0.466 e. The molecule has 0 radical (unpaired) electrons. The van der Waals surface area contributed by atoms with Gasteiger partial charge in [-0.25, -0.2) is 0 Å². The van der Waals surface area contributed by atoms with Crippen LogP contribution in [0.15, 0.2) is 0 Å². The molecular weight excluding hydrogens is 232 g/mol. The molecule has 0 aliphatic heterocycles. The maximum atomic E-state index is 11.7. The van der Waals surface area contributed by atoms with E-state index in [1.165, 1.54) is 0 Å². The lowest BCUT2D eigenvalue weighted by Gasteiger charge is -2.18. The summed E-state index contributed by atoms with van der Waals surface area (Å²) in [5, 5.41) is 3.13. The van der Waals surface area contributed by atoms with Gasteiger partial charge in [-0.05, 0) is 33.7 Å². The van der Waals surface area contributed by atoms with Crippen molar-refractivity contribution in [2.75, 3.05) is 32.8 Å². The summed E-state index contributed by atoms with van der Waals surface area (Å²) < 4.78 is 4.81. The Bertz CT molecular complexity index is 240. The van der Waals surface area contributed by atoms with Gasteiger partial charge in [0.1, 0.15) is 0 Å². The van der Waals surface area contributed by atoms with E-state index in [0.717, 1.165) is 26.1 Å². The number of amides is 1. The molecule has 0 aromatic rings.